The van der Waals surface area contributed by atoms with Crippen molar-refractivity contribution < 1.29 is 64.1 Å². The molecular formula is C23H18F9N5O5. The summed E-state index contributed by atoms with van der Waals surface area (Å²) in [6.45, 7) is 0. The lowest BCUT2D eigenvalue weighted by Gasteiger charge is -2.17. The number of benzene rings is 1. The molecular weight excluding hydrogens is 597 g/mol. The molecule has 42 heavy (non-hydrogen) atoms. The first kappa shape index (κ1) is 34.9. The van der Waals surface area contributed by atoms with Crippen LogP contribution in [-0.4, -0.2) is 57.4 Å². The summed E-state index contributed by atoms with van der Waals surface area (Å²) in [4.78, 5) is 37.6. The SMILES string of the molecule is CNC(=O)c1ccccc1Nc1cc(Nc2cccnc2)ncc1C(F)(F)F.O=C(O)C(F)(F)F.O=C(O)C(F)(F)F. The van der Waals surface area contributed by atoms with E-state index < -0.39 is 41.9 Å². The van der Waals surface area contributed by atoms with Crippen molar-refractivity contribution in [2.45, 2.75) is 18.5 Å². The average Bonchev–Trinajstić information content (AvgIpc) is 2.88. The Balaban J connectivity index is 0.000000522. The number of hydrogen-bond donors (Lipinski definition) is 5. The average molecular weight is 615 g/mol. The summed E-state index contributed by atoms with van der Waals surface area (Å²) < 4.78 is 104. The van der Waals surface area contributed by atoms with Gasteiger partial charge in [0, 0.05) is 25.5 Å². The van der Waals surface area contributed by atoms with Gasteiger partial charge in [-0.25, -0.2) is 14.6 Å². The van der Waals surface area contributed by atoms with E-state index in [0.717, 1.165) is 6.20 Å². The molecule has 1 aromatic carbocycles. The van der Waals surface area contributed by atoms with Crippen LogP contribution >= 0.6 is 0 Å². The molecule has 3 aromatic rings. The third-order valence-corrected chi connectivity index (χ3v) is 4.30. The van der Waals surface area contributed by atoms with Crippen molar-refractivity contribution in [1.29, 1.82) is 0 Å². The number of nitrogens with one attached hydrogen (secondary N) is 3. The van der Waals surface area contributed by atoms with Gasteiger partial charge in [0.2, 0.25) is 0 Å². The van der Waals surface area contributed by atoms with E-state index in [9.17, 15) is 44.3 Å². The lowest BCUT2D eigenvalue weighted by molar-refractivity contribution is -0.193. The molecule has 1 amide bonds. The topological polar surface area (TPSA) is 154 Å². The predicted octanol–water partition coefficient (Wildman–Crippen LogP) is 5.61. The quantitative estimate of drug-likeness (QED) is 0.231. The maximum Gasteiger partial charge on any atom is 0.490 e. The molecule has 0 atom stereocenters. The maximum absolute atomic E-state index is 13.4. The smallest absolute Gasteiger partial charge is 0.475 e. The van der Waals surface area contributed by atoms with Crippen molar-refractivity contribution in [2.24, 2.45) is 0 Å². The van der Waals surface area contributed by atoms with E-state index in [0.29, 0.717) is 5.69 Å². The fourth-order valence-electron chi connectivity index (χ4n) is 2.51. The number of halogens is 9. The third-order valence-electron chi connectivity index (χ3n) is 4.30. The molecule has 0 aliphatic heterocycles. The van der Waals surface area contributed by atoms with Crippen LogP contribution in [0.2, 0.25) is 0 Å². The standard InChI is InChI=1S/C19H16F3N5O.2C2HF3O2/c1-23-18(28)13-6-2-3-7-15(13)27-16-9-17(25-11-14(16)19(20,21)22)26-12-5-4-8-24-10-12;2*3-2(4,5)1(6)7/h2-11H,1H3,(H,23,28)(H2,25,26,27);2*(H,6,7). The Kier molecular flexibility index (Phi) is 12.1. The van der Waals surface area contributed by atoms with E-state index in [1.165, 1.54) is 31.4 Å². The van der Waals surface area contributed by atoms with Gasteiger partial charge < -0.3 is 26.2 Å². The van der Waals surface area contributed by atoms with E-state index in [-0.39, 0.29) is 22.8 Å². The highest BCUT2D eigenvalue weighted by atomic mass is 19.4. The number of rotatable bonds is 5. The molecule has 228 valence electrons. The fourth-order valence-corrected chi connectivity index (χ4v) is 2.51. The summed E-state index contributed by atoms with van der Waals surface area (Å²) in [7, 11) is 1.45. The second-order valence-electron chi connectivity index (χ2n) is 7.34. The molecule has 3 rings (SSSR count). The van der Waals surface area contributed by atoms with Crippen molar-refractivity contribution in [2.75, 3.05) is 17.7 Å². The molecule has 0 saturated carbocycles. The van der Waals surface area contributed by atoms with E-state index in [1.807, 2.05) is 0 Å². The van der Waals surface area contributed by atoms with Crippen molar-refractivity contribution in [3.8, 4) is 0 Å². The summed E-state index contributed by atoms with van der Waals surface area (Å²) in [5.74, 6) is -5.74. The van der Waals surface area contributed by atoms with E-state index in [1.54, 1.807) is 30.5 Å². The Morgan fingerprint density at radius 2 is 1.31 bits per heavy atom. The Morgan fingerprint density at radius 3 is 1.76 bits per heavy atom. The van der Waals surface area contributed by atoms with Crippen LogP contribution in [-0.2, 0) is 15.8 Å². The van der Waals surface area contributed by atoms with Gasteiger partial charge in [-0.15, -0.1) is 0 Å². The van der Waals surface area contributed by atoms with Crippen molar-refractivity contribution in [1.82, 2.24) is 15.3 Å². The molecule has 0 aliphatic rings. The normalized spacial score (nSPS) is 11.1. The Morgan fingerprint density at radius 1 is 0.762 bits per heavy atom. The molecule has 19 heteroatoms. The van der Waals surface area contributed by atoms with Crippen LogP contribution in [0.25, 0.3) is 0 Å². The number of anilines is 4. The third kappa shape index (κ3) is 11.6. The minimum atomic E-state index is -5.08. The molecule has 2 aromatic heterocycles. The first-order chi connectivity index (χ1) is 19.3. The minimum Gasteiger partial charge on any atom is -0.475 e. The van der Waals surface area contributed by atoms with E-state index in [2.05, 4.69) is 25.9 Å². The highest BCUT2D eigenvalue weighted by Crippen LogP contribution is 2.37. The highest BCUT2D eigenvalue weighted by molar-refractivity contribution is 6.00. The van der Waals surface area contributed by atoms with Crippen LogP contribution in [0.3, 0.4) is 0 Å². The number of hydrogen-bond acceptors (Lipinski definition) is 7. The van der Waals surface area contributed by atoms with Crippen LogP contribution in [0.4, 0.5) is 62.4 Å². The summed E-state index contributed by atoms with van der Waals surface area (Å²) in [5, 5.41) is 22.3. The molecule has 0 unspecified atom stereocenters. The van der Waals surface area contributed by atoms with Gasteiger partial charge >= 0.3 is 30.5 Å². The van der Waals surface area contributed by atoms with Crippen molar-refractivity contribution in [3.63, 3.8) is 0 Å². The zero-order valence-electron chi connectivity index (χ0n) is 20.7. The van der Waals surface area contributed by atoms with Crippen LogP contribution in [0, 0.1) is 0 Å². The van der Waals surface area contributed by atoms with Gasteiger partial charge in [-0.3, -0.25) is 9.78 Å². The molecule has 0 aliphatic carbocycles. The number of amides is 1. The number of carbonyl (C=O) groups is 3. The molecule has 0 radical (unpaired) electrons. The van der Waals surface area contributed by atoms with Crippen LogP contribution < -0.4 is 16.0 Å². The van der Waals surface area contributed by atoms with Crippen LogP contribution in [0.15, 0.2) is 61.1 Å². The number of alkyl halides is 9. The number of para-hydroxylation sites is 1. The Hall–Kier alpha value is -5.10. The van der Waals surface area contributed by atoms with Gasteiger partial charge in [0.05, 0.1) is 34.4 Å². The lowest BCUT2D eigenvalue weighted by Crippen LogP contribution is -2.21. The van der Waals surface area contributed by atoms with Crippen LogP contribution in [0.1, 0.15) is 15.9 Å². The molecule has 10 nitrogen and oxygen atoms in total. The first-order valence-electron chi connectivity index (χ1n) is 10.7. The van der Waals surface area contributed by atoms with Gasteiger partial charge in [0.25, 0.3) is 5.91 Å². The lowest BCUT2D eigenvalue weighted by atomic mass is 10.1. The summed E-state index contributed by atoms with van der Waals surface area (Å²) in [6, 6.07) is 10.9. The summed E-state index contributed by atoms with van der Waals surface area (Å²) >= 11 is 0. The Bertz CT molecular complexity index is 1340. The number of nitrogens with zero attached hydrogens (tertiary/aromatic N) is 2. The van der Waals surface area contributed by atoms with Crippen molar-refractivity contribution >= 4 is 40.7 Å². The van der Waals surface area contributed by atoms with Crippen molar-refractivity contribution in [3.05, 3.63) is 72.2 Å². The number of pyridine rings is 2. The molecule has 0 spiro atoms. The number of carbonyl (C=O) groups excluding carboxylic acids is 1. The second-order valence-corrected chi connectivity index (χ2v) is 7.34. The maximum atomic E-state index is 13.4. The molecule has 5 N–H and O–H groups in total. The second kappa shape index (κ2) is 14.5. The number of aliphatic carboxylic acids is 2. The zero-order valence-corrected chi connectivity index (χ0v) is 20.7. The molecule has 0 fully saturated rings. The zero-order chi connectivity index (χ0) is 32.3. The van der Waals surface area contributed by atoms with Gasteiger partial charge in [0.15, 0.2) is 0 Å². The number of carboxylic acid groups (broad SMARTS) is 2. The largest absolute Gasteiger partial charge is 0.490 e. The highest BCUT2D eigenvalue weighted by Gasteiger charge is 2.39. The molecule has 2 heterocycles. The number of carboxylic acids is 2. The van der Waals surface area contributed by atoms with Gasteiger partial charge in [-0.05, 0) is 24.3 Å². The van der Waals surface area contributed by atoms with Gasteiger partial charge in [0.1, 0.15) is 5.82 Å². The van der Waals surface area contributed by atoms with E-state index in [4.69, 9.17) is 19.8 Å². The Labute approximate surface area is 229 Å². The van der Waals surface area contributed by atoms with Crippen LogP contribution in [0.5, 0.6) is 0 Å². The first-order valence-corrected chi connectivity index (χ1v) is 10.7. The summed E-state index contributed by atoms with van der Waals surface area (Å²) in [5.41, 5.74) is -0.143. The monoisotopic (exact) mass is 615 g/mol. The number of aromatic nitrogens is 2. The fraction of sp³-hybridized carbons (Fsp3) is 0.174. The molecule has 0 bridgehead atoms. The van der Waals surface area contributed by atoms with Gasteiger partial charge in [-0.2, -0.15) is 39.5 Å². The van der Waals surface area contributed by atoms with E-state index >= 15 is 0 Å². The van der Waals surface area contributed by atoms with Gasteiger partial charge in [-0.1, -0.05) is 12.1 Å². The summed E-state index contributed by atoms with van der Waals surface area (Å²) in [6.07, 6.45) is -10.9. The minimum absolute atomic E-state index is 0.195. The molecule has 0 saturated heterocycles. The predicted molar refractivity (Wildman–Crippen MR) is 127 cm³/mol.